The van der Waals surface area contributed by atoms with Crippen molar-refractivity contribution < 1.29 is 23.1 Å². The van der Waals surface area contributed by atoms with E-state index in [-0.39, 0.29) is 12.0 Å². The fourth-order valence-corrected chi connectivity index (χ4v) is 3.23. The maximum Gasteiger partial charge on any atom is 0.393 e. The summed E-state index contributed by atoms with van der Waals surface area (Å²) in [6.45, 7) is 0.318. The van der Waals surface area contributed by atoms with E-state index < -0.39 is 24.1 Å². The van der Waals surface area contributed by atoms with Gasteiger partial charge in [-0.2, -0.15) is 13.2 Å². The lowest BCUT2D eigenvalue weighted by Gasteiger charge is -2.39. The number of nitrogens with zero attached hydrogens (tertiary/aromatic N) is 1. The lowest BCUT2D eigenvalue weighted by atomic mass is 9.83. The van der Waals surface area contributed by atoms with Crippen LogP contribution in [0.1, 0.15) is 41.6 Å². The molecule has 3 nitrogen and oxygen atoms in total. The highest BCUT2D eigenvalue weighted by molar-refractivity contribution is 5.87. The zero-order valence-electron chi connectivity index (χ0n) is 12.4. The summed E-state index contributed by atoms with van der Waals surface area (Å²) in [7, 11) is 1.68. The SMILES string of the molecule is CN(Cc1cccc(C(=O)O)c1)[C@H]1CCCC[C@H]1C(F)(F)F. The Morgan fingerprint density at radius 1 is 1.32 bits per heavy atom. The third-order valence-corrected chi connectivity index (χ3v) is 4.32. The van der Waals surface area contributed by atoms with Crippen LogP contribution in [0.15, 0.2) is 24.3 Å². The van der Waals surface area contributed by atoms with Crippen LogP contribution in [0.25, 0.3) is 0 Å². The van der Waals surface area contributed by atoms with E-state index in [4.69, 9.17) is 5.11 Å². The second-order valence-corrected chi connectivity index (χ2v) is 5.92. The number of carbonyl (C=O) groups is 1. The summed E-state index contributed by atoms with van der Waals surface area (Å²) in [5.74, 6) is -2.33. The van der Waals surface area contributed by atoms with Crippen molar-refractivity contribution in [3.8, 4) is 0 Å². The molecule has 0 amide bonds. The first-order chi connectivity index (χ1) is 10.3. The Morgan fingerprint density at radius 3 is 2.64 bits per heavy atom. The molecule has 6 heteroatoms. The molecule has 0 radical (unpaired) electrons. The maximum absolute atomic E-state index is 13.2. The van der Waals surface area contributed by atoms with Crippen LogP contribution in [-0.2, 0) is 6.54 Å². The van der Waals surface area contributed by atoms with Gasteiger partial charge in [0.2, 0.25) is 0 Å². The summed E-state index contributed by atoms with van der Waals surface area (Å²) < 4.78 is 39.5. The third-order valence-electron chi connectivity index (χ3n) is 4.32. The van der Waals surface area contributed by atoms with Gasteiger partial charge in [0.25, 0.3) is 0 Å². The van der Waals surface area contributed by atoms with Gasteiger partial charge in [-0.05, 0) is 37.6 Å². The van der Waals surface area contributed by atoms with Gasteiger partial charge in [-0.25, -0.2) is 4.79 Å². The van der Waals surface area contributed by atoms with Crippen molar-refractivity contribution in [3.05, 3.63) is 35.4 Å². The molecule has 0 aliphatic heterocycles. The Balaban J connectivity index is 2.11. The molecule has 1 aromatic carbocycles. The van der Waals surface area contributed by atoms with Crippen LogP contribution >= 0.6 is 0 Å². The summed E-state index contributed by atoms with van der Waals surface area (Å²) in [5, 5.41) is 8.98. The van der Waals surface area contributed by atoms with Crippen LogP contribution in [0, 0.1) is 5.92 Å². The Labute approximate surface area is 127 Å². The Bertz CT molecular complexity index is 530. The number of carboxylic acids is 1. The van der Waals surface area contributed by atoms with Crippen molar-refractivity contribution in [2.45, 2.75) is 44.4 Å². The summed E-state index contributed by atoms with van der Waals surface area (Å²) in [6, 6.07) is 5.82. The second-order valence-electron chi connectivity index (χ2n) is 5.92. The summed E-state index contributed by atoms with van der Waals surface area (Å²) >= 11 is 0. The number of halogens is 3. The van der Waals surface area contributed by atoms with E-state index in [0.29, 0.717) is 24.9 Å². The smallest absolute Gasteiger partial charge is 0.393 e. The predicted octanol–water partition coefficient (Wildman–Crippen LogP) is 3.94. The van der Waals surface area contributed by atoms with E-state index >= 15 is 0 Å². The minimum absolute atomic E-state index is 0.155. The van der Waals surface area contributed by atoms with Crippen molar-refractivity contribution in [1.29, 1.82) is 0 Å². The van der Waals surface area contributed by atoms with Crippen LogP contribution in [0.5, 0.6) is 0 Å². The van der Waals surface area contributed by atoms with Gasteiger partial charge < -0.3 is 5.11 Å². The van der Waals surface area contributed by atoms with Crippen LogP contribution in [0.4, 0.5) is 13.2 Å². The monoisotopic (exact) mass is 315 g/mol. The van der Waals surface area contributed by atoms with E-state index in [9.17, 15) is 18.0 Å². The number of aromatic carboxylic acids is 1. The summed E-state index contributed by atoms with van der Waals surface area (Å²) in [4.78, 5) is 12.7. The molecule has 2 atom stereocenters. The molecule has 122 valence electrons. The summed E-state index contributed by atoms with van der Waals surface area (Å²) in [6.07, 6.45) is -2.06. The normalized spacial score (nSPS) is 22.8. The van der Waals surface area contributed by atoms with E-state index in [2.05, 4.69) is 0 Å². The average molecular weight is 315 g/mol. The quantitative estimate of drug-likeness (QED) is 0.915. The van der Waals surface area contributed by atoms with E-state index in [1.54, 1.807) is 24.1 Å². The first kappa shape index (κ1) is 16.8. The van der Waals surface area contributed by atoms with Gasteiger partial charge in [0.05, 0.1) is 11.5 Å². The van der Waals surface area contributed by atoms with Crippen molar-refractivity contribution in [1.82, 2.24) is 4.90 Å². The highest BCUT2D eigenvalue weighted by Crippen LogP contribution is 2.40. The average Bonchev–Trinajstić information content (AvgIpc) is 2.46. The molecule has 2 rings (SSSR count). The van der Waals surface area contributed by atoms with Gasteiger partial charge in [-0.1, -0.05) is 25.0 Å². The Hall–Kier alpha value is -1.56. The number of carboxylic acid groups (broad SMARTS) is 1. The molecule has 0 unspecified atom stereocenters. The molecular weight excluding hydrogens is 295 g/mol. The first-order valence-electron chi connectivity index (χ1n) is 7.38. The van der Waals surface area contributed by atoms with Gasteiger partial charge in [0, 0.05) is 12.6 Å². The standard InChI is InChI=1S/C16H20F3NO2/c1-20(10-11-5-4-6-12(9-11)15(21)22)14-8-3-2-7-13(14)16(17,18)19/h4-6,9,13-14H,2-3,7-8,10H2,1H3,(H,21,22)/t13-,14+/m1/s1. The minimum atomic E-state index is -4.18. The molecule has 1 fully saturated rings. The zero-order valence-corrected chi connectivity index (χ0v) is 12.4. The molecule has 1 aromatic rings. The van der Waals surface area contributed by atoms with Crippen LogP contribution < -0.4 is 0 Å². The van der Waals surface area contributed by atoms with Crippen molar-refractivity contribution in [3.63, 3.8) is 0 Å². The van der Waals surface area contributed by atoms with Crippen LogP contribution in [-0.4, -0.2) is 35.2 Å². The first-order valence-corrected chi connectivity index (χ1v) is 7.38. The van der Waals surface area contributed by atoms with Crippen molar-refractivity contribution in [2.75, 3.05) is 7.05 Å². The molecule has 1 aliphatic rings. The minimum Gasteiger partial charge on any atom is -0.478 e. The fourth-order valence-electron chi connectivity index (χ4n) is 3.23. The Morgan fingerprint density at radius 2 is 2.00 bits per heavy atom. The van der Waals surface area contributed by atoms with E-state index in [1.807, 2.05) is 0 Å². The summed E-state index contributed by atoms with van der Waals surface area (Å²) in [5.41, 5.74) is 0.871. The number of benzene rings is 1. The zero-order chi connectivity index (χ0) is 16.3. The van der Waals surface area contributed by atoms with Crippen molar-refractivity contribution >= 4 is 5.97 Å². The molecule has 0 aromatic heterocycles. The molecular formula is C16H20F3NO2. The predicted molar refractivity (Wildman–Crippen MR) is 76.7 cm³/mol. The van der Waals surface area contributed by atoms with Gasteiger partial charge in [-0.3, -0.25) is 4.90 Å². The number of rotatable bonds is 4. The largest absolute Gasteiger partial charge is 0.478 e. The maximum atomic E-state index is 13.2. The van der Waals surface area contributed by atoms with E-state index in [0.717, 1.165) is 6.42 Å². The Kier molecular flexibility index (Phi) is 5.11. The molecule has 1 N–H and O–H groups in total. The molecule has 0 saturated heterocycles. The number of hydrogen-bond donors (Lipinski definition) is 1. The lowest BCUT2D eigenvalue weighted by molar-refractivity contribution is -0.198. The number of alkyl halides is 3. The van der Waals surface area contributed by atoms with Crippen molar-refractivity contribution in [2.24, 2.45) is 5.92 Å². The van der Waals surface area contributed by atoms with Gasteiger partial charge >= 0.3 is 12.1 Å². The fraction of sp³-hybridized carbons (Fsp3) is 0.562. The number of hydrogen-bond acceptors (Lipinski definition) is 2. The van der Waals surface area contributed by atoms with Gasteiger partial charge in [-0.15, -0.1) is 0 Å². The topological polar surface area (TPSA) is 40.5 Å². The molecule has 1 aliphatic carbocycles. The highest BCUT2D eigenvalue weighted by atomic mass is 19.4. The lowest BCUT2D eigenvalue weighted by Crippen LogP contribution is -2.46. The van der Waals surface area contributed by atoms with E-state index in [1.165, 1.54) is 12.1 Å². The molecule has 0 spiro atoms. The van der Waals surface area contributed by atoms with Gasteiger partial charge in [0.1, 0.15) is 0 Å². The molecule has 0 heterocycles. The molecule has 0 bridgehead atoms. The molecule has 1 saturated carbocycles. The van der Waals surface area contributed by atoms with Crippen LogP contribution in [0.3, 0.4) is 0 Å². The molecule has 22 heavy (non-hydrogen) atoms. The van der Waals surface area contributed by atoms with Crippen LogP contribution in [0.2, 0.25) is 0 Å². The second kappa shape index (κ2) is 6.69. The third kappa shape index (κ3) is 4.00. The van der Waals surface area contributed by atoms with Gasteiger partial charge in [0.15, 0.2) is 0 Å². The highest BCUT2D eigenvalue weighted by Gasteiger charge is 2.46.